The van der Waals surface area contributed by atoms with Crippen molar-refractivity contribution in [2.24, 2.45) is 0 Å². The van der Waals surface area contributed by atoms with Crippen LogP contribution in [0.15, 0.2) is 65.6 Å². The number of likely N-dealkylation sites (N-methyl/N-ethyl adjacent to an activating group) is 1. The van der Waals surface area contributed by atoms with E-state index in [0.717, 1.165) is 37.3 Å². The number of aromatic amines is 1. The van der Waals surface area contributed by atoms with Crippen LogP contribution in [-0.2, 0) is 0 Å². The number of hydrogen-bond donors (Lipinski definition) is 2. The molecule has 2 N–H and O–H groups in total. The van der Waals surface area contributed by atoms with Gasteiger partial charge in [-0.25, -0.2) is 4.79 Å². The molecule has 7 heteroatoms. The highest BCUT2D eigenvalue weighted by Gasteiger charge is 2.20. The Hall–Kier alpha value is -3.97. The summed E-state index contributed by atoms with van der Waals surface area (Å²) in [5.74, 6) is -1.02. The van der Waals surface area contributed by atoms with Gasteiger partial charge in [0.15, 0.2) is 0 Å². The number of benzene rings is 3. The number of carbonyl (C=O) groups excluding carboxylic acids is 1. The molecule has 0 atom stereocenters. The van der Waals surface area contributed by atoms with Gasteiger partial charge >= 0.3 is 5.97 Å². The molecule has 1 aliphatic rings. The van der Waals surface area contributed by atoms with Crippen molar-refractivity contribution in [3.05, 3.63) is 82.3 Å². The molecule has 33 heavy (non-hydrogen) atoms. The minimum Gasteiger partial charge on any atom is -0.478 e. The van der Waals surface area contributed by atoms with Gasteiger partial charge < -0.3 is 19.9 Å². The number of piperazine rings is 1. The number of carboxylic acids is 1. The zero-order chi connectivity index (χ0) is 23.1. The summed E-state index contributed by atoms with van der Waals surface area (Å²) in [5.41, 5.74) is 2.25. The second-order valence-electron chi connectivity index (χ2n) is 8.43. The lowest BCUT2D eigenvalue weighted by atomic mass is 9.94. The van der Waals surface area contributed by atoms with Gasteiger partial charge in [0.1, 0.15) is 0 Å². The predicted octanol–water partition coefficient (Wildman–Crippen LogP) is 3.43. The molecule has 0 saturated carbocycles. The maximum atomic E-state index is 12.8. The van der Waals surface area contributed by atoms with E-state index >= 15 is 0 Å². The summed E-state index contributed by atoms with van der Waals surface area (Å²) in [4.78, 5) is 44.0. The third-order valence-electron chi connectivity index (χ3n) is 6.36. The van der Waals surface area contributed by atoms with E-state index in [1.54, 1.807) is 12.1 Å². The van der Waals surface area contributed by atoms with Gasteiger partial charge in [0.05, 0.1) is 10.9 Å². The fraction of sp³-hybridized carbons (Fsp3) is 0.192. The topological polar surface area (TPSA) is 93.7 Å². The quantitative estimate of drug-likeness (QED) is 0.475. The Morgan fingerprint density at radius 3 is 2.27 bits per heavy atom. The number of aromatic nitrogens is 1. The zero-order valence-corrected chi connectivity index (χ0v) is 18.2. The normalized spacial score (nSPS) is 14.6. The first-order chi connectivity index (χ1) is 15.9. The minimum atomic E-state index is -1.04. The molecule has 0 aliphatic carbocycles. The summed E-state index contributed by atoms with van der Waals surface area (Å²) in [5, 5.41) is 11.8. The molecule has 166 valence electrons. The Morgan fingerprint density at radius 2 is 1.58 bits per heavy atom. The number of pyridine rings is 1. The Kier molecular flexibility index (Phi) is 5.18. The van der Waals surface area contributed by atoms with E-state index in [9.17, 15) is 19.5 Å². The van der Waals surface area contributed by atoms with Crippen molar-refractivity contribution in [1.82, 2.24) is 14.8 Å². The highest BCUT2D eigenvalue weighted by Crippen LogP contribution is 2.31. The van der Waals surface area contributed by atoms with Crippen molar-refractivity contribution in [2.75, 3.05) is 33.2 Å². The van der Waals surface area contributed by atoms with Crippen LogP contribution in [0.25, 0.3) is 32.7 Å². The smallest absolute Gasteiger partial charge is 0.336 e. The number of nitrogens with zero attached hydrogens (tertiary/aromatic N) is 2. The lowest BCUT2D eigenvalue weighted by molar-refractivity contribution is 0.0662. The van der Waals surface area contributed by atoms with Gasteiger partial charge in [0.25, 0.3) is 11.5 Å². The third kappa shape index (κ3) is 3.76. The molecule has 4 aromatic rings. The summed E-state index contributed by atoms with van der Waals surface area (Å²) in [6.07, 6.45) is 1.52. The van der Waals surface area contributed by atoms with Crippen molar-refractivity contribution >= 4 is 33.4 Å². The standard InChI is InChI=1S/C26H23N3O4/c1-28-10-12-29(13-11-28)25(31)17-4-2-16(3-5-17)18-6-7-20-21(14-18)23-19(8-9-27-24(23)30)15-22(20)26(32)33/h2-9,14-15H,10-13H2,1H3,(H,27,30)(H,32,33). The van der Waals surface area contributed by atoms with Crippen LogP contribution < -0.4 is 5.56 Å². The van der Waals surface area contributed by atoms with Gasteiger partial charge in [0, 0.05) is 37.9 Å². The van der Waals surface area contributed by atoms with Crippen LogP contribution in [-0.4, -0.2) is 65.0 Å². The molecular formula is C26H23N3O4. The van der Waals surface area contributed by atoms with Crippen molar-refractivity contribution < 1.29 is 14.7 Å². The minimum absolute atomic E-state index is 0.0248. The van der Waals surface area contributed by atoms with Crippen LogP contribution in [0.1, 0.15) is 20.7 Å². The number of carbonyl (C=O) groups is 2. The van der Waals surface area contributed by atoms with Gasteiger partial charge in [-0.1, -0.05) is 24.3 Å². The number of fused-ring (bicyclic) bond motifs is 3. The third-order valence-corrected chi connectivity index (χ3v) is 6.36. The van der Waals surface area contributed by atoms with Gasteiger partial charge in [0.2, 0.25) is 0 Å². The van der Waals surface area contributed by atoms with E-state index in [-0.39, 0.29) is 17.0 Å². The van der Waals surface area contributed by atoms with Gasteiger partial charge in [-0.15, -0.1) is 0 Å². The van der Waals surface area contributed by atoms with E-state index in [1.165, 1.54) is 12.3 Å². The Bertz CT molecular complexity index is 1450. The number of aromatic carboxylic acids is 1. The van der Waals surface area contributed by atoms with E-state index in [0.29, 0.717) is 27.1 Å². The summed E-state index contributed by atoms with van der Waals surface area (Å²) >= 11 is 0. The molecule has 1 aromatic heterocycles. The van der Waals surface area contributed by atoms with Crippen molar-refractivity contribution in [3.63, 3.8) is 0 Å². The van der Waals surface area contributed by atoms with Crippen LogP contribution in [0.3, 0.4) is 0 Å². The lowest BCUT2D eigenvalue weighted by Crippen LogP contribution is -2.47. The number of nitrogens with one attached hydrogen (secondary N) is 1. The SMILES string of the molecule is CN1CCN(C(=O)c2ccc(-c3ccc4c(C(=O)O)cc5cc[nH]c(=O)c5c4c3)cc2)CC1. The molecule has 0 radical (unpaired) electrons. The number of carboxylic acid groups (broad SMARTS) is 1. The molecule has 1 fully saturated rings. The van der Waals surface area contributed by atoms with Crippen LogP contribution >= 0.6 is 0 Å². The molecule has 1 saturated heterocycles. The number of hydrogen-bond acceptors (Lipinski definition) is 4. The summed E-state index contributed by atoms with van der Waals surface area (Å²) in [6, 6.07) is 16.1. The first-order valence-electron chi connectivity index (χ1n) is 10.8. The monoisotopic (exact) mass is 441 g/mol. The summed E-state index contributed by atoms with van der Waals surface area (Å²) in [7, 11) is 2.05. The van der Waals surface area contributed by atoms with E-state index < -0.39 is 5.97 Å². The fourth-order valence-corrected chi connectivity index (χ4v) is 4.46. The maximum Gasteiger partial charge on any atom is 0.336 e. The van der Waals surface area contributed by atoms with E-state index in [1.807, 2.05) is 41.3 Å². The fourth-order valence-electron chi connectivity index (χ4n) is 4.46. The van der Waals surface area contributed by atoms with Gasteiger partial charge in [-0.2, -0.15) is 0 Å². The second kappa shape index (κ2) is 8.18. The molecular weight excluding hydrogens is 418 g/mol. The maximum absolute atomic E-state index is 12.8. The molecule has 3 aromatic carbocycles. The first kappa shape index (κ1) is 20.9. The Balaban J connectivity index is 1.55. The van der Waals surface area contributed by atoms with Crippen molar-refractivity contribution in [2.45, 2.75) is 0 Å². The molecule has 0 spiro atoms. The first-order valence-corrected chi connectivity index (χ1v) is 10.8. The summed E-state index contributed by atoms with van der Waals surface area (Å²) < 4.78 is 0. The average molecular weight is 441 g/mol. The highest BCUT2D eigenvalue weighted by atomic mass is 16.4. The van der Waals surface area contributed by atoms with E-state index in [4.69, 9.17) is 0 Å². The second-order valence-corrected chi connectivity index (χ2v) is 8.43. The Labute approximate surface area is 189 Å². The molecule has 0 unspecified atom stereocenters. The van der Waals surface area contributed by atoms with Crippen LogP contribution in [0, 0.1) is 0 Å². The van der Waals surface area contributed by atoms with Crippen molar-refractivity contribution in [1.29, 1.82) is 0 Å². The molecule has 7 nitrogen and oxygen atoms in total. The largest absolute Gasteiger partial charge is 0.478 e. The van der Waals surface area contributed by atoms with Crippen LogP contribution in [0.4, 0.5) is 0 Å². The Morgan fingerprint density at radius 1 is 0.879 bits per heavy atom. The predicted molar refractivity (Wildman–Crippen MR) is 128 cm³/mol. The molecule has 5 rings (SSSR count). The van der Waals surface area contributed by atoms with Crippen LogP contribution in [0.2, 0.25) is 0 Å². The average Bonchev–Trinajstić information content (AvgIpc) is 2.83. The van der Waals surface area contributed by atoms with Gasteiger partial charge in [-0.05, 0) is 64.7 Å². The van der Waals surface area contributed by atoms with Crippen molar-refractivity contribution in [3.8, 4) is 11.1 Å². The highest BCUT2D eigenvalue weighted by molar-refractivity contribution is 6.16. The van der Waals surface area contributed by atoms with E-state index in [2.05, 4.69) is 16.9 Å². The molecule has 2 heterocycles. The lowest BCUT2D eigenvalue weighted by Gasteiger charge is -2.32. The molecule has 1 aliphatic heterocycles. The zero-order valence-electron chi connectivity index (χ0n) is 18.2. The number of rotatable bonds is 3. The molecule has 0 bridgehead atoms. The molecule has 1 amide bonds. The van der Waals surface area contributed by atoms with Gasteiger partial charge in [-0.3, -0.25) is 9.59 Å². The number of H-pyrrole nitrogens is 1. The number of amides is 1. The summed E-state index contributed by atoms with van der Waals surface area (Å²) in [6.45, 7) is 3.17. The van der Waals surface area contributed by atoms with Crippen LogP contribution in [0.5, 0.6) is 0 Å².